The maximum absolute atomic E-state index is 10.9. The van der Waals surface area contributed by atoms with Crippen molar-refractivity contribution in [3.05, 3.63) is 39.7 Å². The molecule has 0 amide bonds. The Kier molecular flexibility index (Phi) is 4.61. The van der Waals surface area contributed by atoms with Crippen LogP contribution < -0.4 is 0 Å². The lowest BCUT2D eigenvalue weighted by Gasteiger charge is -2.10. The van der Waals surface area contributed by atoms with Crippen LogP contribution in [0.3, 0.4) is 0 Å². The summed E-state index contributed by atoms with van der Waals surface area (Å²) in [5.41, 5.74) is 1.45. The first-order valence-electron chi connectivity index (χ1n) is 6.35. The molecule has 0 bridgehead atoms. The zero-order chi connectivity index (χ0) is 15.4. The second-order valence-electron chi connectivity index (χ2n) is 4.50. The summed E-state index contributed by atoms with van der Waals surface area (Å²) in [5.74, 6) is 0.880. The molecule has 0 unspecified atom stereocenters. The molecule has 8 nitrogen and oxygen atoms in total. The highest BCUT2D eigenvalue weighted by atomic mass is 16.6. The molecule has 1 aromatic heterocycles. The zero-order valence-electron chi connectivity index (χ0n) is 11.8. The van der Waals surface area contributed by atoms with Crippen LogP contribution in [0.2, 0.25) is 0 Å². The molecule has 2 aromatic rings. The minimum atomic E-state index is -0.453. The number of nitro benzene ring substituents is 1. The van der Waals surface area contributed by atoms with Gasteiger partial charge in [0, 0.05) is 31.4 Å². The average Bonchev–Trinajstić information content (AvgIpc) is 2.87. The van der Waals surface area contributed by atoms with Gasteiger partial charge in [0.15, 0.2) is 11.6 Å². The molecule has 0 atom stereocenters. The van der Waals surface area contributed by atoms with Gasteiger partial charge in [-0.1, -0.05) is 6.07 Å². The average molecular weight is 292 g/mol. The second kappa shape index (κ2) is 6.42. The van der Waals surface area contributed by atoms with Crippen molar-refractivity contribution in [3.8, 4) is 11.4 Å². The number of methoxy groups -OCH3 is 1. The van der Waals surface area contributed by atoms with Crippen LogP contribution in [0.25, 0.3) is 11.4 Å². The SMILES string of the molecule is COCCn1c(CO)nnc1-c1cc([N+](=O)[O-])ccc1C. The topological polar surface area (TPSA) is 103 Å². The van der Waals surface area contributed by atoms with Crippen LogP contribution in [0.4, 0.5) is 5.69 Å². The molecule has 21 heavy (non-hydrogen) atoms. The molecule has 0 saturated heterocycles. The fourth-order valence-corrected chi connectivity index (χ4v) is 2.03. The summed E-state index contributed by atoms with van der Waals surface area (Å²) in [7, 11) is 1.57. The van der Waals surface area contributed by atoms with Crippen molar-refractivity contribution >= 4 is 5.69 Å². The summed E-state index contributed by atoms with van der Waals surface area (Å²) in [6.07, 6.45) is 0. The molecule has 0 spiro atoms. The van der Waals surface area contributed by atoms with Gasteiger partial charge < -0.3 is 14.4 Å². The van der Waals surface area contributed by atoms with E-state index in [1.165, 1.54) is 12.1 Å². The molecular formula is C13H16N4O4. The minimum Gasteiger partial charge on any atom is -0.388 e. The molecule has 0 saturated carbocycles. The number of nitro groups is 1. The number of aliphatic hydroxyl groups is 1. The van der Waals surface area contributed by atoms with Crippen molar-refractivity contribution in [1.82, 2.24) is 14.8 Å². The summed E-state index contributed by atoms with van der Waals surface area (Å²) < 4.78 is 6.74. The molecule has 2 rings (SSSR count). The molecule has 0 fully saturated rings. The van der Waals surface area contributed by atoms with Gasteiger partial charge in [-0.2, -0.15) is 0 Å². The van der Waals surface area contributed by atoms with Crippen molar-refractivity contribution < 1.29 is 14.8 Å². The number of benzene rings is 1. The highest BCUT2D eigenvalue weighted by molar-refractivity contribution is 5.64. The van der Waals surface area contributed by atoms with E-state index in [4.69, 9.17) is 4.74 Å². The Morgan fingerprint density at radius 3 is 2.81 bits per heavy atom. The first kappa shape index (κ1) is 15.1. The number of aryl methyl sites for hydroxylation is 1. The molecule has 0 radical (unpaired) electrons. The number of rotatable bonds is 6. The van der Waals surface area contributed by atoms with Crippen LogP contribution in [0, 0.1) is 17.0 Å². The van der Waals surface area contributed by atoms with Crippen molar-refractivity contribution in [2.75, 3.05) is 13.7 Å². The lowest BCUT2D eigenvalue weighted by atomic mass is 10.1. The Balaban J connectivity index is 2.53. The van der Waals surface area contributed by atoms with E-state index in [0.29, 0.717) is 30.4 Å². The fraction of sp³-hybridized carbons (Fsp3) is 0.385. The molecular weight excluding hydrogens is 276 g/mol. The van der Waals surface area contributed by atoms with Gasteiger partial charge in [-0.15, -0.1) is 10.2 Å². The van der Waals surface area contributed by atoms with Gasteiger partial charge in [0.05, 0.1) is 11.5 Å². The van der Waals surface area contributed by atoms with Crippen LogP contribution in [-0.4, -0.2) is 38.5 Å². The van der Waals surface area contributed by atoms with Crippen LogP contribution in [0.5, 0.6) is 0 Å². The molecule has 0 aliphatic heterocycles. The molecule has 1 heterocycles. The van der Waals surface area contributed by atoms with E-state index in [1.807, 2.05) is 6.92 Å². The summed E-state index contributed by atoms with van der Waals surface area (Å²) in [6, 6.07) is 4.58. The Labute approximate surface area is 121 Å². The Morgan fingerprint density at radius 2 is 2.19 bits per heavy atom. The monoisotopic (exact) mass is 292 g/mol. The molecule has 0 aliphatic rings. The number of hydrogen-bond donors (Lipinski definition) is 1. The van der Waals surface area contributed by atoms with Gasteiger partial charge in [-0.25, -0.2) is 0 Å². The third-order valence-corrected chi connectivity index (χ3v) is 3.16. The van der Waals surface area contributed by atoms with E-state index in [-0.39, 0.29) is 12.3 Å². The van der Waals surface area contributed by atoms with Gasteiger partial charge in [-0.05, 0) is 12.5 Å². The highest BCUT2D eigenvalue weighted by Crippen LogP contribution is 2.27. The number of nitrogens with zero attached hydrogens (tertiary/aromatic N) is 4. The number of non-ortho nitro benzene ring substituents is 1. The molecule has 1 N–H and O–H groups in total. The number of aromatic nitrogens is 3. The van der Waals surface area contributed by atoms with Crippen molar-refractivity contribution in [2.45, 2.75) is 20.1 Å². The summed E-state index contributed by atoms with van der Waals surface area (Å²) in [4.78, 5) is 10.5. The number of ether oxygens (including phenoxy) is 1. The van der Waals surface area contributed by atoms with Crippen molar-refractivity contribution in [1.29, 1.82) is 0 Å². The van der Waals surface area contributed by atoms with E-state index in [9.17, 15) is 15.2 Å². The minimum absolute atomic E-state index is 0.0116. The van der Waals surface area contributed by atoms with Crippen LogP contribution in [-0.2, 0) is 17.9 Å². The first-order valence-corrected chi connectivity index (χ1v) is 6.35. The quantitative estimate of drug-likeness (QED) is 0.635. The maximum Gasteiger partial charge on any atom is 0.270 e. The molecule has 0 aliphatic carbocycles. The predicted molar refractivity (Wildman–Crippen MR) is 74.6 cm³/mol. The van der Waals surface area contributed by atoms with Gasteiger partial charge in [-0.3, -0.25) is 10.1 Å². The van der Waals surface area contributed by atoms with Crippen molar-refractivity contribution in [3.63, 3.8) is 0 Å². The largest absolute Gasteiger partial charge is 0.388 e. The normalized spacial score (nSPS) is 10.8. The lowest BCUT2D eigenvalue weighted by Crippen LogP contribution is -2.10. The summed E-state index contributed by atoms with van der Waals surface area (Å²) >= 11 is 0. The second-order valence-corrected chi connectivity index (χ2v) is 4.50. The van der Waals surface area contributed by atoms with Crippen LogP contribution in [0.1, 0.15) is 11.4 Å². The van der Waals surface area contributed by atoms with Gasteiger partial charge >= 0.3 is 0 Å². The Morgan fingerprint density at radius 1 is 1.43 bits per heavy atom. The third kappa shape index (κ3) is 3.06. The van der Waals surface area contributed by atoms with E-state index in [1.54, 1.807) is 17.7 Å². The maximum atomic E-state index is 10.9. The van der Waals surface area contributed by atoms with E-state index in [2.05, 4.69) is 10.2 Å². The predicted octanol–water partition coefficient (Wildman–Crippen LogP) is 1.30. The summed E-state index contributed by atoms with van der Waals surface area (Å²) in [6.45, 7) is 2.46. The number of aliphatic hydroxyl groups excluding tert-OH is 1. The van der Waals surface area contributed by atoms with Gasteiger partial charge in [0.2, 0.25) is 0 Å². The third-order valence-electron chi connectivity index (χ3n) is 3.16. The Hall–Kier alpha value is -2.32. The van der Waals surface area contributed by atoms with Gasteiger partial charge in [0.1, 0.15) is 6.61 Å². The van der Waals surface area contributed by atoms with Crippen molar-refractivity contribution in [2.24, 2.45) is 0 Å². The zero-order valence-corrected chi connectivity index (χ0v) is 11.8. The van der Waals surface area contributed by atoms with Gasteiger partial charge in [0.25, 0.3) is 5.69 Å². The van der Waals surface area contributed by atoms with E-state index >= 15 is 0 Å². The fourth-order valence-electron chi connectivity index (χ4n) is 2.03. The van der Waals surface area contributed by atoms with Crippen LogP contribution in [0.15, 0.2) is 18.2 Å². The Bertz CT molecular complexity index is 654. The van der Waals surface area contributed by atoms with Crippen LogP contribution >= 0.6 is 0 Å². The molecule has 112 valence electrons. The lowest BCUT2D eigenvalue weighted by molar-refractivity contribution is -0.384. The highest BCUT2D eigenvalue weighted by Gasteiger charge is 2.17. The van der Waals surface area contributed by atoms with E-state index in [0.717, 1.165) is 5.56 Å². The molecule has 1 aromatic carbocycles. The standard InChI is InChI=1S/C13H16N4O4/c1-9-3-4-10(17(19)20)7-11(9)13-15-14-12(8-18)16(13)5-6-21-2/h3-4,7,18H,5-6,8H2,1-2H3. The summed E-state index contributed by atoms with van der Waals surface area (Å²) in [5, 5.41) is 28.2. The molecule has 8 heteroatoms. The smallest absolute Gasteiger partial charge is 0.270 e. The first-order chi connectivity index (χ1) is 10.1. The van der Waals surface area contributed by atoms with E-state index < -0.39 is 4.92 Å². The number of hydrogen-bond acceptors (Lipinski definition) is 6.